The number of phosphoric acid groups is 5. The standard InChI is InChI=1S/C57H73N21O36P6/c1-24-14-76(57(85)72-51(24)80)44-12-29(113-119(94,95)101-18-33-27(10-42(106-33)74-6-3-38(59)68-55(74)83)111-116(88,89)99-16-31-25(79)8-40(104-31)77-22-65-46-48(61)63-21-64-49(46)77)35(108-44)19-102-120(96,97)114-30-13-45(78-23-66-47-50(78)70-53(62)71-52(47)81)109-36(30)20-103-118(92,93)112-28-11-43(75-7-4-39(60)69-56(75)84)107-34(28)17-100-117(90,91)110-26-9-41(105-32(26)15-98-115(86)87)73-5-2-37(58)67-54(73)82/h2-7,14,21-23,25-36,40-45,79H,8-13,15-20H2,1H3,(H17-,58,59,60,61,62,63,64,67,68,69,70,71,72,80,81,82,83,84,85,86,87,88,89,90,91,92,93,94,95,96,97)/p+1/t25-,26-,27-,28-,29-,30-,31+,32+,33+,34+,35+,36+,40+,41+,42+,43+,44+,45+/m1/s1. The summed E-state index contributed by atoms with van der Waals surface area (Å²) in [6.07, 6.45) is -22.5. The number of phosphoric ester groups is 5. The molecular weight excluding hydrogens is 1740 g/mol. The Morgan fingerprint density at radius 1 is 0.450 bits per heavy atom. The van der Waals surface area contributed by atoms with E-state index in [1.807, 2.05) is 0 Å². The van der Waals surface area contributed by atoms with E-state index in [2.05, 4.69) is 49.8 Å². The first-order chi connectivity index (χ1) is 56.7. The largest absolute Gasteiger partial charge is 0.694 e. The van der Waals surface area contributed by atoms with Crippen molar-refractivity contribution in [2.24, 2.45) is 0 Å². The summed E-state index contributed by atoms with van der Waals surface area (Å²) in [5, 5.41) is 11.0. The Bertz CT molecular complexity index is 5820. The summed E-state index contributed by atoms with van der Waals surface area (Å²) < 4.78 is 184. The molecule has 120 heavy (non-hydrogen) atoms. The van der Waals surface area contributed by atoms with E-state index in [4.69, 9.17) is 107 Å². The lowest BCUT2D eigenvalue weighted by Crippen LogP contribution is -2.33. The predicted octanol–water partition coefficient (Wildman–Crippen LogP) is -2.24. The van der Waals surface area contributed by atoms with Crippen molar-refractivity contribution < 1.29 is 140 Å². The zero-order chi connectivity index (χ0) is 85.8. The summed E-state index contributed by atoms with van der Waals surface area (Å²) in [5.74, 6) is -0.959. The third-order valence-electron chi connectivity index (χ3n) is 19.2. The maximum absolute atomic E-state index is 14.5. The van der Waals surface area contributed by atoms with Crippen LogP contribution in [-0.4, -0.2) is 225 Å². The Hall–Kier alpha value is -8.49. The normalized spacial score (nSPS) is 29.7. The van der Waals surface area contributed by atoms with Gasteiger partial charge in [-0.25, -0.2) is 61.9 Å². The number of nitrogens with zero attached hydrogens (tertiary/aromatic N) is 14. The maximum atomic E-state index is 14.5. The molecular formula is C57H74N21O36P6+. The molecule has 24 atom stereocenters. The SMILES string of the molecule is Cc1cn([C@@H]2C[C@@H](OP(=O)(O)OC[C@@H]3O[C@H](n4ccc(N)nc4=O)C[C@H]3OP(=O)(O)OC[C@@H]3O[C@H](n4cnc5c(N)ncnc54)C[C@H]3O)[C@H](COP(=O)(O)O[C@@H]3C[C@@H](n4cnc5c(=O)[nH]c(N)nc54)O[C@H]3COP(=O)(O)O[C@@H]3C[C@@H](n4ccc(N)nc4=O)O[C@H]3COP(=O)(O)O[C@@H]3C[C@@H](n4ccc(N)nc4=O)O[C@H]3CO[P+](=O)O)O2)c(=O)[nH]c1=O. The van der Waals surface area contributed by atoms with Crippen molar-refractivity contribution in [2.45, 2.75) is 156 Å². The summed E-state index contributed by atoms with van der Waals surface area (Å²) in [5.41, 5.74) is 23.1. The molecule has 14 heterocycles. The molecule has 14 rings (SSSR count). The van der Waals surface area contributed by atoms with E-state index in [-0.39, 0.29) is 57.6 Å². The molecule has 6 unspecified atom stereocenters. The number of fused-ring (bicyclic) bond motifs is 2. The fraction of sp³-hybridized carbons (Fsp3) is 0.544. The monoisotopic (exact) mass is 1810 g/mol. The van der Waals surface area contributed by atoms with Gasteiger partial charge in [0.2, 0.25) is 5.95 Å². The average molecular weight is 1820 g/mol. The highest BCUT2D eigenvalue weighted by molar-refractivity contribution is 7.48. The minimum absolute atomic E-state index is 0.0511. The molecule has 19 N–H and O–H groups in total. The van der Waals surface area contributed by atoms with Crippen molar-refractivity contribution in [3.63, 3.8) is 0 Å². The second kappa shape index (κ2) is 35.4. The Morgan fingerprint density at radius 2 is 0.800 bits per heavy atom. The molecule has 6 fully saturated rings. The van der Waals surface area contributed by atoms with Crippen molar-refractivity contribution in [3.05, 3.63) is 130 Å². The summed E-state index contributed by atoms with van der Waals surface area (Å²) in [7, 11) is -30.9. The Kier molecular flexibility index (Phi) is 25.9. The highest BCUT2D eigenvalue weighted by atomic mass is 31.2. The molecule has 0 radical (unpaired) electrons. The lowest BCUT2D eigenvalue weighted by Gasteiger charge is -2.26. The van der Waals surface area contributed by atoms with Gasteiger partial charge < -0.3 is 86.7 Å². The first-order valence-corrected chi connectivity index (χ1v) is 44.0. The Morgan fingerprint density at radius 3 is 1.20 bits per heavy atom. The molecule has 8 aromatic heterocycles. The van der Waals surface area contributed by atoms with Gasteiger partial charge in [0, 0.05) is 73.4 Å². The number of nitrogens with one attached hydrogen (secondary N) is 2. The van der Waals surface area contributed by atoms with Crippen LogP contribution in [0.2, 0.25) is 0 Å². The zero-order valence-electron chi connectivity index (χ0n) is 61.5. The number of aryl methyl sites for hydroxylation is 1. The summed E-state index contributed by atoms with van der Waals surface area (Å²) in [6, 6.07) is 3.63. The highest BCUT2D eigenvalue weighted by Gasteiger charge is 2.52. The number of hydrogen-bond donors (Lipinski definition) is 14. The number of H-pyrrole nitrogens is 2. The van der Waals surface area contributed by atoms with Crippen LogP contribution in [0.5, 0.6) is 0 Å². The minimum atomic E-state index is -5.68. The first-order valence-electron chi connectivity index (χ1n) is 35.4. The third-order valence-corrected chi connectivity index (χ3v) is 24.6. The van der Waals surface area contributed by atoms with E-state index in [9.17, 15) is 90.6 Å². The summed E-state index contributed by atoms with van der Waals surface area (Å²) >= 11 is 0. The van der Waals surface area contributed by atoms with Crippen LogP contribution in [0.15, 0.2) is 90.7 Å². The number of aromatic nitrogens is 16. The van der Waals surface area contributed by atoms with Crippen molar-refractivity contribution in [1.82, 2.24) is 77.2 Å². The molecule has 6 aliphatic rings. The average Bonchev–Trinajstić information content (AvgIpc) is 1.61. The van der Waals surface area contributed by atoms with E-state index in [1.165, 1.54) is 48.5 Å². The number of imidazole rings is 2. The van der Waals surface area contributed by atoms with Crippen molar-refractivity contribution in [3.8, 4) is 0 Å². The lowest BCUT2D eigenvalue weighted by atomic mass is 10.2. The fourth-order valence-corrected chi connectivity index (χ4v) is 18.7. The van der Waals surface area contributed by atoms with Gasteiger partial charge in [0.15, 0.2) is 22.6 Å². The fourth-order valence-electron chi connectivity index (χ4n) is 13.6. The van der Waals surface area contributed by atoms with Crippen LogP contribution in [-0.2, 0) is 106 Å². The first kappa shape index (κ1) is 87.8. The van der Waals surface area contributed by atoms with Gasteiger partial charge in [-0.3, -0.25) is 92.2 Å². The van der Waals surface area contributed by atoms with E-state index in [0.29, 0.717) is 0 Å². The van der Waals surface area contributed by atoms with Gasteiger partial charge in [0.1, 0.15) is 140 Å². The number of aliphatic hydroxyl groups excluding tert-OH is 1. The molecule has 6 aliphatic heterocycles. The van der Waals surface area contributed by atoms with Crippen LogP contribution in [0.25, 0.3) is 22.3 Å². The number of ether oxygens (including phenoxy) is 6. The predicted molar refractivity (Wildman–Crippen MR) is 393 cm³/mol. The molecule has 0 spiro atoms. The van der Waals surface area contributed by atoms with Crippen LogP contribution in [0.3, 0.4) is 0 Å². The van der Waals surface area contributed by atoms with Crippen molar-refractivity contribution in [1.29, 1.82) is 0 Å². The molecule has 57 nitrogen and oxygen atoms in total. The molecule has 0 amide bonds. The van der Waals surface area contributed by atoms with Crippen LogP contribution in [0.4, 0.5) is 29.2 Å². The highest BCUT2D eigenvalue weighted by Crippen LogP contribution is 2.56. The number of rotatable bonds is 34. The molecule has 6 saturated heterocycles. The number of aromatic amines is 2. The van der Waals surface area contributed by atoms with Gasteiger partial charge in [-0.2, -0.15) is 19.9 Å². The van der Waals surface area contributed by atoms with Gasteiger partial charge in [0.05, 0.1) is 51.8 Å². The summed E-state index contributed by atoms with van der Waals surface area (Å²) in [4.78, 5) is 180. The van der Waals surface area contributed by atoms with E-state index in [1.54, 1.807) is 0 Å². The van der Waals surface area contributed by atoms with Gasteiger partial charge in [-0.1, -0.05) is 0 Å². The number of nitrogen functional groups attached to an aromatic ring is 5. The van der Waals surface area contributed by atoms with Gasteiger partial charge in [-0.15, -0.1) is 9.42 Å². The Balaban J connectivity index is 0.663. The van der Waals surface area contributed by atoms with E-state index >= 15 is 0 Å². The van der Waals surface area contributed by atoms with Crippen molar-refractivity contribution in [2.75, 3.05) is 68.3 Å². The van der Waals surface area contributed by atoms with Gasteiger partial charge in [-0.05, 0) is 25.1 Å². The third kappa shape index (κ3) is 20.5. The second-order valence-corrected chi connectivity index (χ2v) is 35.1. The second-order valence-electron chi connectivity index (χ2n) is 27.3. The molecule has 0 aliphatic carbocycles. The maximum Gasteiger partial charge on any atom is 0.694 e. The number of hydrogen-bond acceptors (Lipinski definition) is 43. The molecule has 63 heteroatoms. The van der Waals surface area contributed by atoms with Crippen LogP contribution < -0.4 is 62.5 Å². The zero-order valence-corrected chi connectivity index (χ0v) is 66.8. The van der Waals surface area contributed by atoms with Crippen LogP contribution in [0, 0.1) is 6.92 Å². The van der Waals surface area contributed by atoms with Crippen LogP contribution in [0.1, 0.15) is 81.5 Å². The molecule has 8 aromatic rings. The number of nitrogens with two attached hydrogens (primary N) is 5. The molecule has 652 valence electrons. The van der Waals surface area contributed by atoms with Crippen molar-refractivity contribution >= 4 is 98.9 Å². The van der Waals surface area contributed by atoms with E-state index < -0.39 is 270 Å². The quantitative estimate of drug-likeness (QED) is 0.0190. The topological polar surface area (TPSA) is 798 Å². The smallest absolute Gasteiger partial charge is 0.390 e. The number of aliphatic hydroxyl groups is 1. The van der Waals surface area contributed by atoms with Crippen LogP contribution >= 0.6 is 47.4 Å². The number of anilines is 5. The van der Waals surface area contributed by atoms with Gasteiger partial charge >= 0.3 is 70.1 Å². The minimum Gasteiger partial charge on any atom is -0.390 e. The molecule has 0 bridgehead atoms. The molecule has 0 saturated carbocycles. The van der Waals surface area contributed by atoms with E-state index in [0.717, 1.165) is 47.8 Å². The van der Waals surface area contributed by atoms with Gasteiger partial charge in [0.25, 0.3) is 11.1 Å². The molecule has 0 aromatic carbocycles. The summed E-state index contributed by atoms with van der Waals surface area (Å²) in [6.45, 7) is -4.68. The lowest BCUT2D eigenvalue weighted by molar-refractivity contribution is -0.0650. The Labute approximate surface area is 668 Å².